The maximum Gasteiger partial charge on any atom is 0.131 e. The summed E-state index contributed by atoms with van der Waals surface area (Å²) in [5.74, 6) is 0. The molecule has 0 amide bonds. The third-order valence-electron chi connectivity index (χ3n) is 1.01. The first-order chi connectivity index (χ1) is 5.09. The van der Waals surface area contributed by atoms with Gasteiger partial charge in [0, 0.05) is 5.02 Å². The molecular weight excluding hydrogens is 203 g/mol. The van der Waals surface area contributed by atoms with Crippen LogP contribution in [0.5, 0.6) is 0 Å². The summed E-state index contributed by atoms with van der Waals surface area (Å²) in [5.41, 5.74) is 5.75. The van der Waals surface area contributed by atoms with Crippen LogP contribution in [-0.2, 0) is 0 Å². The predicted octanol–water partition coefficient (Wildman–Crippen LogP) is 2.02. The molecule has 0 saturated heterocycles. The van der Waals surface area contributed by atoms with Gasteiger partial charge in [-0.2, -0.15) is 0 Å². The van der Waals surface area contributed by atoms with E-state index < -0.39 is 0 Å². The van der Waals surface area contributed by atoms with Crippen LogP contribution in [0.3, 0.4) is 0 Å². The van der Waals surface area contributed by atoms with Crippen molar-refractivity contribution >= 4 is 40.4 Å². The average molecular weight is 207 g/mol. The van der Waals surface area contributed by atoms with Gasteiger partial charge in [0.25, 0.3) is 0 Å². The van der Waals surface area contributed by atoms with E-state index in [9.17, 15) is 0 Å². The fourth-order valence-electron chi connectivity index (χ4n) is 0.592. The summed E-state index contributed by atoms with van der Waals surface area (Å²) in [6.07, 6.45) is 0. The molecule has 0 fully saturated rings. The first kappa shape index (κ1) is 8.71. The Bertz CT molecular complexity index is 280. The Morgan fingerprint density at radius 2 is 2.09 bits per heavy atom. The molecule has 0 bridgehead atoms. The number of hydrogen-bond donors (Lipinski definition) is 1. The van der Waals surface area contributed by atoms with Gasteiger partial charge in [0.15, 0.2) is 0 Å². The molecule has 58 valence electrons. The number of nitrogens with two attached hydrogens (primary N) is 1. The molecule has 0 aliphatic heterocycles. The van der Waals surface area contributed by atoms with Crippen LogP contribution in [0, 0.1) is 0 Å². The third-order valence-corrected chi connectivity index (χ3v) is 1.63. The van der Waals surface area contributed by atoms with Crippen LogP contribution < -0.4 is 5.73 Å². The zero-order valence-electron chi connectivity index (χ0n) is 5.34. The lowest BCUT2D eigenvalue weighted by Crippen LogP contribution is -2.11. The molecule has 1 rings (SSSR count). The smallest absolute Gasteiger partial charge is 0.131 e. The Labute approximate surface area is 79.3 Å². The average Bonchev–Trinajstić information content (AvgIpc) is 1.85. The van der Waals surface area contributed by atoms with Gasteiger partial charge in [-0.1, -0.05) is 35.4 Å². The van der Waals surface area contributed by atoms with Gasteiger partial charge in [0.2, 0.25) is 0 Å². The van der Waals surface area contributed by atoms with Gasteiger partial charge in [-0.05, 0) is 12.1 Å². The van der Waals surface area contributed by atoms with Crippen LogP contribution in [-0.4, -0.2) is 9.97 Å². The first-order valence-electron chi connectivity index (χ1n) is 2.72. The van der Waals surface area contributed by atoms with Gasteiger partial charge in [0.05, 0.1) is 0 Å². The number of aromatic nitrogens is 1. The van der Waals surface area contributed by atoms with Crippen molar-refractivity contribution in [3.8, 4) is 0 Å². The van der Waals surface area contributed by atoms with Gasteiger partial charge in [0.1, 0.15) is 15.8 Å². The van der Waals surface area contributed by atoms with Crippen molar-refractivity contribution in [1.82, 2.24) is 4.98 Å². The monoisotopic (exact) mass is 206 g/mol. The SMILES string of the molecule is NC(=S)c1cc(Cl)cc(Cl)n1. The fourth-order valence-corrected chi connectivity index (χ4v) is 1.17. The van der Waals surface area contributed by atoms with Crippen LogP contribution in [0.15, 0.2) is 12.1 Å². The fraction of sp³-hybridized carbons (Fsp3) is 0. The summed E-state index contributed by atoms with van der Waals surface area (Å²) in [6, 6.07) is 3.08. The van der Waals surface area contributed by atoms with Gasteiger partial charge in [-0.15, -0.1) is 0 Å². The highest BCUT2D eigenvalue weighted by atomic mass is 35.5. The lowest BCUT2D eigenvalue weighted by atomic mass is 10.3. The summed E-state index contributed by atoms with van der Waals surface area (Å²) < 4.78 is 0. The molecule has 1 aromatic heterocycles. The minimum absolute atomic E-state index is 0.189. The van der Waals surface area contributed by atoms with Crippen molar-refractivity contribution in [2.24, 2.45) is 5.73 Å². The van der Waals surface area contributed by atoms with Gasteiger partial charge >= 0.3 is 0 Å². The molecule has 0 aliphatic carbocycles. The maximum atomic E-state index is 5.65. The Balaban J connectivity index is 3.19. The van der Waals surface area contributed by atoms with Crippen molar-refractivity contribution < 1.29 is 0 Å². The normalized spacial score (nSPS) is 9.64. The molecule has 1 aromatic rings. The van der Waals surface area contributed by atoms with Gasteiger partial charge < -0.3 is 5.73 Å². The molecule has 0 radical (unpaired) electrons. The van der Waals surface area contributed by atoms with Gasteiger partial charge in [-0.3, -0.25) is 0 Å². The summed E-state index contributed by atoms with van der Waals surface area (Å²) in [6.45, 7) is 0. The second kappa shape index (κ2) is 3.34. The lowest BCUT2D eigenvalue weighted by Gasteiger charge is -1.97. The minimum atomic E-state index is 0.189. The molecular formula is C6H4Cl2N2S. The quantitative estimate of drug-likeness (QED) is 0.565. The van der Waals surface area contributed by atoms with Crippen LogP contribution in [0.1, 0.15) is 5.69 Å². The number of pyridine rings is 1. The molecule has 2 N–H and O–H groups in total. The highest BCUT2D eigenvalue weighted by Crippen LogP contribution is 2.14. The summed E-state index contributed by atoms with van der Waals surface area (Å²) in [5, 5.41) is 0.771. The Hall–Kier alpha value is -0.380. The van der Waals surface area contributed by atoms with E-state index in [1.54, 1.807) is 6.07 Å². The molecule has 11 heavy (non-hydrogen) atoms. The predicted molar refractivity (Wildman–Crippen MR) is 50.1 cm³/mol. The van der Waals surface area contributed by atoms with E-state index in [-0.39, 0.29) is 4.99 Å². The number of hydrogen-bond acceptors (Lipinski definition) is 2. The van der Waals surface area contributed by atoms with Crippen molar-refractivity contribution in [3.05, 3.63) is 28.0 Å². The van der Waals surface area contributed by atoms with Crippen LogP contribution in [0.2, 0.25) is 10.2 Å². The number of thiocarbonyl (C=S) groups is 1. The molecule has 2 nitrogen and oxygen atoms in total. The molecule has 0 aromatic carbocycles. The number of halogens is 2. The number of nitrogens with zero attached hydrogens (tertiary/aromatic N) is 1. The maximum absolute atomic E-state index is 5.65. The van der Waals surface area contributed by atoms with E-state index in [2.05, 4.69) is 17.2 Å². The lowest BCUT2D eigenvalue weighted by molar-refractivity contribution is 1.29. The molecule has 1 heterocycles. The van der Waals surface area contributed by atoms with Crippen LogP contribution >= 0.6 is 35.4 Å². The standard InChI is InChI=1S/C6H4Cl2N2S/c7-3-1-4(6(9)11)10-5(8)2-3/h1-2H,(H2,9,11). The van der Waals surface area contributed by atoms with E-state index in [0.29, 0.717) is 15.9 Å². The van der Waals surface area contributed by atoms with E-state index in [0.717, 1.165) is 0 Å². The van der Waals surface area contributed by atoms with Crippen molar-refractivity contribution in [3.63, 3.8) is 0 Å². The summed E-state index contributed by atoms with van der Waals surface area (Å²) in [4.78, 5) is 4.04. The zero-order valence-corrected chi connectivity index (χ0v) is 7.67. The largest absolute Gasteiger partial charge is 0.388 e. The number of rotatable bonds is 1. The highest BCUT2D eigenvalue weighted by Gasteiger charge is 2.00. The Kier molecular flexibility index (Phi) is 2.65. The molecule has 5 heteroatoms. The van der Waals surface area contributed by atoms with Crippen molar-refractivity contribution in [2.75, 3.05) is 0 Å². The highest BCUT2D eigenvalue weighted by molar-refractivity contribution is 7.80. The summed E-state index contributed by atoms with van der Waals surface area (Å²) >= 11 is 15.9. The second-order valence-corrected chi connectivity index (χ2v) is 3.12. The second-order valence-electron chi connectivity index (χ2n) is 1.86. The van der Waals surface area contributed by atoms with Crippen molar-refractivity contribution in [1.29, 1.82) is 0 Å². The third kappa shape index (κ3) is 2.29. The van der Waals surface area contributed by atoms with E-state index in [1.165, 1.54) is 6.07 Å². The minimum Gasteiger partial charge on any atom is -0.388 e. The topological polar surface area (TPSA) is 38.9 Å². The molecule has 0 saturated carbocycles. The first-order valence-corrected chi connectivity index (χ1v) is 3.89. The van der Waals surface area contributed by atoms with Crippen molar-refractivity contribution in [2.45, 2.75) is 0 Å². The van der Waals surface area contributed by atoms with E-state index in [1.807, 2.05) is 0 Å². The molecule has 0 atom stereocenters. The Morgan fingerprint density at radius 1 is 1.45 bits per heavy atom. The molecule has 0 unspecified atom stereocenters. The van der Waals surface area contributed by atoms with E-state index in [4.69, 9.17) is 28.9 Å². The molecule has 0 aliphatic rings. The Morgan fingerprint density at radius 3 is 2.55 bits per heavy atom. The van der Waals surface area contributed by atoms with Crippen LogP contribution in [0.4, 0.5) is 0 Å². The molecule has 0 spiro atoms. The zero-order chi connectivity index (χ0) is 8.43. The summed E-state index contributed by atoms with van der Waals surface area (Å²) in [7, 11) is 0. The van der Waals surface area contributed by atoms with Crippen LogP contribution in [0.25, 0.3) is 0 Å². The van der Waals surface area contributed by atoms with E-state index >= 15 is 0 Å². The van der Waals surface area contributed by atoms with Gasteiger partial charge in [-0.25, -0.2) is 4.98 Å².